The minimum Gasteiger partial charge on any atom is -0.469 e. The third kappa shape index (κ3) is 2.72. The van der Waals surface area contributed by atoms with E-state index in [1.807, 2.05) is 32.0 Å². The predicted octanol–water partition coefficient (Wildman–Crippen LogP) is 3.32. The van der Waals surface area contributed by atoms with Crippen molar-refractivity contribution in [2.24, 2.45) is 0 Å². The van der Waals surface area contributed by atoms with E-state index >= 15 is 0 Å². The molecular weight excluding hydrogens is 212 g/mol. The molecule has 0 fully saturated rings. The molecule has 3 heteroatoms. The quantitative estimate of drug-likeness (QED) is 0.740. The number of carbonyl (C=O) groups is 1. The van der Waals surface area contributed by atoms with Crippen molar-refractivity contribution in [3.8, 4) is 0 Å². The zero-order valence-electron chi connectivity index (χ0n) is 9.21. The van der Waals surface area contributed by atoms with Gasteiger partial charge in [-0.15, -0.1) is 0 Å². The Morgan fingerprint density at radius 3 is 2.67 bits per heavy atom. The lowest BCUT2D eigenvalue weighted by Crippen LogP contribution is -2.13. The van der Waals surface area contributed by atoms with Crippen LogP contribution in [0.25, 0.3) is 0 Å². The number of carbonyl (C=O) groups excluding carboxylic acids is 1. The van der Waals surface area contributed by atoms with Crippen LogP contribution in [0.3, 0.4) is 0 Å². The molecule has 0 saturated heterocycles. The number of ether oxygens (including phenoxy) is 1. The van der Waals surface area contributed by atoms with Gasteiger partial charge in [-0.1, -0.05) is 30.7 Å². The summed E-state index contributed by atoms with van der Waals surface area (Å²) in [6.45, 7) is 3.89. The summed E-state index contributed by atoms with van der Waals surface area (Å²) in [5, 5.41) is 0.690. The molecule has 0 aliphatic carbocycles. The average Bonchev–Trinajstić information content (AvgIpc) is 2.24. The van der Waals surface area contributed by atoms with Crippen LogP contribution < -0.4 is 0 Å². The highest BCUT2D eigenvalue weighted by Gasteiger charge is 2.19. The van der Waals surface area contributed by atoms with Crippen LogP contribution >= 0.6 is 11.6 Å². The van der Waals surface area contributed by atoms with Crippen LogP contribution in [0, 0.1) is 6.92 Å². The molecule has 0 saturated carbocycles. The fraction of sp³-hybridized carbons (Fsp3) is 0.417. The first-order chi connectivity index (χ1) is 7.10. The Hall–Kier alpha value is -1.02. The minimum atomic E-state index is -0.215. The van der Waals surface area contributed by atoms with E-state index in [1.54, 1.807) is 0 Å². The molecular formula is C12H15ClO2. The van der Waals surface area contributed by atoms with Crippen LogP contribution in [0.15, 0.2) is 18.2 Å². The molecule has 0 amide bonds. The van der Waals surface area contributed by atoms with E-state index in [0.717, 1.165) is 11.1 Å². The van der Waals surface area contributed by atoms with E-state index in [2.05, 4.69) is 0 Å². The second kappa shape index (κ2) is 5.17. The van der Waals surface area contributed by atoms with Gasteiger partial charge in [0.1, 0.15) is 0 Å². The fourth-order valence-corrected chi connectivity index (χ4v) is 1.70. The molecule has 0 aromatic heterocycles. The first-order valence-corrected chi connectivity index (χ1v) is 5.31. The third-order valence-electron chi connectivity index (χ3n) is 2.49. The number of rotatable bonds is 3. The van der Waals surface area contributed by atoms with Gasteiger partial charge in [0.25, 0.3) is 0 Å². The molecule has 0 spiro atoms. The maximum absolute atomic E-state index is 11.5. The Balaban J connectivity index is 3.02. The lowest BCUT2D eigenvalue weighted by molar-refractivity contribution is -0.142. The molecule has 0 bridgehead atoms. The van der Waals surface area contributed by atoms with Crippen molar-refractivity contribution >= 4 is 17.6 Å². The van der Waals surface area contributed by atoms with Crippen molar-refractivity contribution in [2.75, 3.05) is 7.11 Å². The summed E-state index contributed by atoms with van der Waals surface area (Å²) >= 11 is 6.01. The molecule has 0 aliphatic heterocycles. The van der Waals surface area contributed by atoms with Gasteiger partial charge < -0.3 is 4.74 Å². The van der Waals surface area contributed by atoms with E-state index < -0.39 is 0 Å². The van der Waals surface area contributed by atoms with Gasteiger partial charge in [-0.3, -0.25) is 4.79 Å². The molecule has 1 rings (SSSR count). The number of benzene rings is 1. The lowest BCUT2D eigenvalue weighted by atomic mass is 9.96. The summed E-state index contributed by atoms with van der Waals surface area (Å²) in [7, 11) is 1.40. The SMILES string of the molecule is CCC(C(=O)OC)c1ccc(C)c(Cl)c1. The molecule has 0 heterocycles. The maximum atomic E-state index is 11.5. The Kier molecular flexibility index (Phi) is 4.15. The van der Waals surface area contributed by atoms with Gasteiger partial charge in [0.15, 0.2) is 0 Å². The summed E-state index contributed by atoms with van der Waals surface area (Å²) in [6, 6.07) is 5.68. The Morgan fingerprint density at radius 1 is 1.53 bits per heavy atom. The molecule has 0 aliphatic rings. The molecule has 0 radical (unpaired) electrons. The van der Waals surface area contributed by atoms with Gasteiger partial charge in [-0.2, -0.15) is 0 Å². The van der Waals surface area contributed by atoms with Gasteiger partial charge in [0.2, 0.25) is 0 Å². The van der Waals surface area contributed by atoms with E-state index in [-0.39, 0.29) is 11.9 Å². The molecule has 0 N–H and O–H groups in total. The van der Waals surface area contributed by atoms with Crippen molar-refractivity contribution < 1.29 is 9.53 Å². The van der Waals surface area contributed by atoms with E-state index in [0.29, 0.717) is 11.4 Å². The second-order valence-corrected chi connectivity index (χ2v) is 3.90. The van der Waals surface area contributed by atoms with E-state index in [9.17, 15) is 4.79 Å². The highest BCUT2D eigenvalue weighted by atomic mass is 35.5. The molecule has 1 atom stereocenters. The van der Waals surface area contributed by atoms with E-state index in [4.69, 9.17) is 16.3 Å². The monoisotopic (exact) mass is 226 g/mol. The summed E-state index contributed by atoms with van der Waals surface area (Å²) < 4.78 is 4.75. The van der Waals surface area contributed by atoms with Crippen LogP contribution in [0.5, 0.6) is 0 Å². The van der Waals surface area contributed by atoms with Crippen LogP contribution in [0.1, 0.15) is 30.4 Å². The highest BCUT2D eigenvalue weighted by molar-refractivity contribution is 6.31. The topological polar surface area (TPSA) is 26.3 Å². The average molecular weight is 227 g/mol. The largest absolute Gasteiger partial charge is 0.469 e. The molecule has 1 unspecified atom stereocenters. The highest BCUT2D eigenvalue weighted by Crippen LogP contribution is 2.25. The minimum absolute atomic E-state index is 0.211. The molecule has 15 heavy (non-hydrogen) atoms. The van der Waals surface area contributed by atoms with Crippen LogP contribution in [-0.4, -0.2) is 13.1 Å². The second-order valence-electron chi connectivity index (χ2n) is 3.49. The first-order valence-electron chi connectivity index (χ1n) is 4.94. The van der Waals surface area contributed by atoms with Crippen molar-refractivity contribution in [1.82, 2.24) is 0 Å². The summed E-state index contributed by atoms with van der Waals surface area (Å²) in [5.41, 5.74) is 1.93. The first kappa shape index (κ1) is 12.1. The molecule has 1 aromatic rings. The fourth-order valence-electron chi connectivity index (χ4n) is 1.51. The van der Waals surface area contributed by atoms with Gasteiger partial charge in [0.05, 0.1) is 13.0 Å². The van der Waals surface area contributed by atoms with Crippen molar-refractivity contribution in [2.45, 2.75) is 26.2 Å². The van der Waals surface area contributed by atoms with Crippen LogP contribution in [-0.2, 0) is 9.53 Å². The normalized spacial score (nSPS) is 12.3. The number of methoxy groups -OCH3 is 1. The predicted molar refractivity (Wildman–Crippen MR) is 61.2 cm³/mol. The van der Waals surface area contributed by atoms with Crippen molar-refractivity contribution in [1.29, 1.82) is 0 Å². The number of hydrogen-bond acceptors (Lipinski definition) is 2. The molecule has 1 aromatic carbocycles. The number of halogens is 1. The van der Waals surface area contributed by atoms with Gasteiger partial charge >= 0.3 is 5.97 Å². The van der Waals surface area contributed by atoms with Crippen molar-refractivity contribution in [3.63, 3.8) is 0 Å². The van der Waals surface area contributed by atoms with Crippen LogP contribution in [0.2, 0.25) is 5.02 Å². The summed E-state index contributed by atoms with van der Waals surface area (Å²) in [6.07, 6.45) is 0.714. The Bertz CT molecular complexity index is 361. The third-order valence-corrected chi connectivity index (χ3v) is 2.90. The molecule has 2 nitrogen and oxygen atoms in total. The molecule has 82 valence electrons. The van der Waals surface area contributed by atoms with Crippen molar-refractivity contribution in [3.05, 3.63) is 34.3 Å². The number of hydrogen-bond donors (Lipinski definition) is 0. The van der Waals surface area contributed by atoms with Gasteiger partial charge in [-0.05, 0) is 30.5 Å². The van der Waals surface area contributed by atoms with Gasteiger partial charge in [0, 0.05) is 5.02 Å². The van der Waals surface area contributed by atoms with E-state index in [1.165, 1.54) is 7.11 Å². The summed E-state index contributed by atoms with van der Waals surface area (Å²) in [5.74, 6) is -0.425. The standard InChI is InChI=1S/C12H15ClO2/c1-4-10(12(14)15-3)9-6-5-8(2)11(13)7-9/h5-7,10H,4H2,1-3H3. The van der Waals surface area contributed by atoms with Crippen LogP contribution in [0.4, 0.5) is 0 Å². The zero-order chi connectivity index (χ0) is 11.4. The Morgan fingerprint density at radius 2 is 2.20 bits per heavy atom. The Labute approximate surface area is 95.2 Å². The summed E-state index contributed by atoms with van der Waals surface area (Å²) in [4.78, 5) is 11.5. The number of aryl methyl sites for hydroxylation is 1. The maximum Gasteiger partial charge on any atom is 0.313 e. The zero-order valence-corrected chi connectivity index (χ0v) is 9.97. The van der Waals surface area contributed by atoms with Gasteiger partial charge in [-0.25, -0.2) is 0 Å². The number of esters is 1. The smallest absolute Gasteiger partial charge is 0.313 e. The lowest BCUT2D eigenvalue weighted by Gasteiger charge is -2.13.